The van der Waals surface area contributed by atoms with Crippen molar-refractivity contribution in [3.05, 3.63) is 77.9 Å². The molecule has 1 aromatic heterocycles. The molecule has 4 aromatic rings. The van der Waals surface area contributed by atoms with E-state index in [0.29, 0.717) is 52.9 Å². The van der Waals surface area contributed by atoms with Crippen LogP contribution in [0.25, 0.3) is 10.9 Å². The van der Waals surface area contributed by atoms with Crippen molar-refractivity contribution >= 4 is 33.9 Å². The molecular weight excluding hydrogens is 456 g/mol. The first kappa shape index (κ1) is 24.8. The molecule has 0 saturated heterocycles. The SMILES string of the molecule is CCOc1cc2[nH]c(O)c(C(=Nc3ccc(N(C)C(=O)CN)cc3)c3ccccc3)c2cc1OCC. The van der Waals surface area contributed by atoms with Crippen LogP contribution in [0, 0.1) is 0 Å². The Bertz CT molecular complexity index is 1380. The Labute approximate surface area is 210 Å². The zero-order valence-corrected chi connectivity index (χ0v) is 20.6. The third-order valence-electron chi connectivity index (χ3n) is 5.75. The molecule has 0 aliphatic heterocycles. The fourth-order valence-electron chi connectivity index (χ4n) is 3.99. The first-order valence-corrected chi connectivity index (χ1v) is 11.8. The molecule has 0 radical (unpaired) electrons. The second kappa shape index (κ2) is 11.0. The number of rotatable bonds is 9. The van der Waals surface area contributed by atoms with Crippen molar-refractivity contribution in [2.75, 3.05) is 31.7 Å². The zero-order valence-electron chi connectivity index (χ0n) is 20.6. The van der Waals surface area contributed by atoms with E-state index in [-0.39, 0.29) is 18.3 Å². The van der Waals surface area contributed by atoms with Gasteiger partial charge in [-0.25, -0.2) is 4.99 Å². The smallest absolute Gasteiger partial charge is 0.240 e. The summed E-state index contributed by atoms with van der Waals surface area (Å²) in [5.41, 5.74) is 9.54. The number of benzene rings is 3. The Morgan fingerprint density at radius 2 is 1.64 bits per heavy atom. The van der Waals surface area contributed by atoms with Crippen molar-refractivity contribution < 1.29 is 19.4 Å². The summed E-state index contributed by atoms with van der Waals surface area (Å²) in [7, 11) is 1.68. The summed E-state index contributed by atoms with van der Waals surface area (Å²) >= 11 is 0. The van der Waals surface area contributed by atoms with Gasteiger partial charge in [0.25, 0.3) is 0 Å². The fourth-order valence-corrected chi connectivity index (χ4v) is 3.99. The summed E-state index contributed by atoms with van der Waals surface area (Å²) in [6.45, 7) is 4.72. The number of aromatic nitrogens is 1. The van der Waals surface area contributed by atoms with Crippen molar-refractivity contribution in [3.8, 4) is 17.4 Å². The number of nitrogens with one attached hydrogen (secondary N) is 1. The number of anilines is 1. The molecule has 4 N–H and O–H groups in total. The fraction of sp³-hybridized carbons (Fsp3) is 0.214. The van der Waals surface area contributed by atoms with Crippen molar-refractivity contribution in [2.45, 2.75) is 13.8 Å². The first-order valence-electron chi connectivity index (χ1n) is 11.8. The number of carbonyl (C=O) groups is 1. The number of aromatic hydroxyl groups is 1. The lowest BCUT2D eigenvalue weighted by Crippen LogP contribution is -2.32. The van der Waals surface area contributed by atoms with Gasteiger partial charge in [-0.15, -0.1) is 0 Å². The van der Waals surface area contributed by atoms with Crippen LogP contribution in [-0.2, 0) is 4.79 Å². The Balaban J connectivity index is 1.87. The highest BCUT2D eigenvalue weighted by molar-refractivity contribution is 6.22. The lowest BCUT2D eigenvalue weighted by Gasteiger charge is -2.16. The molecule has 0 aliphatic carbocycles. The number of H-pyrrole nitrogens is 1. The number of aromatic amines is 1. The summed E-state index contributed by atoms with van der Waals surface area (Å²) in [5, 5.41) is 11.8. The van der Waals surface area contributed by atoms with Crippen molar-refractivity contribution in [1.29, 1.82) is 0 Å². The lowest BCUT2D eigenvalue weighted by molar-refractivity contribution is -0.117. The number of nitrogens with two attached hydrogens (primary N) is 1. The molecule has 36 heavy (non-hydrogen) atoms. The third kappa shape index (κ3) is 5.04. The third-order valence-corrected chi connectivity index (χ3v) is 5.75. The van der Waals surface area contributed by atoms with E-state index in [4.69, 9.17) is 20.2 Å². The molecule has 0 bridgehead atoms. The largest absolute Gasteiger partial charge is 0.494 e. The highest BCUT2D eigenvalue weighted by Gasteiger charge is 2.21. The molecule has 186 valence electrons. The van der Waals surface area contributed by atoms with Crippen molar-refractivity contribution in [2.24, 2.45) is 10.7 Å². The average molecular weight is 487 g/mol. The van der Waals surface area contributed by atoms with Crippen LogP contribution in [0.4, 0.5) is 11.4 Å². The van der Waals surface area contributed by atoms with Gasteiger partial charge in [-0.1, -0.05) is 30.3 Å². The van der Waals surface area contributed by atoms with Crippen LogP contribution in [0.3, 0.4) is 0 Å². The molecule has 8 heteroatoms. The molecular formula is C28H30N4O4. The van der Waals surface area contributed by atoms with Gasteiger partial charge in [0.1, 0.15) is 0 Å². The quantitative estimate of drug-likeness (QED) is 0.295. The van der Waals surface area contributed by atoms with E-state index in [1.54, 1.807) is 7.05 Å². The Morgan fingerprint density at radius 1 is 1.00 bits per heavy atom. The maximum atomic E-state index is 11.9. The number of hydrogen-bond acceptors (Lipinski definition) is 6. The van der Waals surface area contributed by atoms with E-state index in [1.165, 1.54) is 4.90 Å². The van der Waals surface area contributed by atoms with Gasteiger partial charge in [0.15, 0.2) is 17.4 Å². The van der Waals surface area contributed by atoms with E-state index in [9.17, 15) is 9.90 Å². The molecule has 0 aliphatic rings. The van der Waals surface area contributed by atoms with Crippen LogP contribution in [0.1, 0.15) is 25.0 Å². The molecule has 0 unspecified atom stereocenters. The van der Waals surface area contributed by atoms with Crippen LogP contribution in [0.15, 0.2) is 71.7 Å². The van der Waals surface area contributed by atoms with Gasteiger partial charge in [-0.05, 0) is 44.2 Å². The molecule has 0 atom stereocenters. The highest BCUT2D eigenvalue weighted by Crippen LogP contribution is 2.38. The standard InChI is InChI=1S/C28H30N4O4/c1-4-35-23-15-21-22(16-24(23)36-5-2)31-28(34)26(21)27(18-9-7-6-8-10-18)30-19-11-13-20(14-12-19)32(3)25(33)17-29/h6-16,31,34H,4-5,17,29H2,1-3H3. The minimum absolute atomic E-state index is 0.00593. The first-order chi connectivity index (χ1) is 17.5. The van der Waals surface area contributed by atoms with Crippen LogP contribution in [-0.4, -0.2) is 48.5 Å². The molecule has 0 saturated carbocycles. The van der Waals surface area contributed by atoms with E-state index in [2.05, 4.69) is 4.98 Å². The van der Waals surface area contributed by atoms with E-state index < -0.39 is 0 Å². The average Bonchev–Trinajstić information content (AvgIpc) is 3.22. The predicted octanol–water partition coefficient (Wildman–Crippen LogP) is 4.76. The maximum Gasteiger partial charge on any atom is 0.240 e. The molecule has 1 amide bonds. The predicted molar refractivity (Wildman–Crippen MR) is 143 cm³/mol. The number of likely N-dealkylation sites (N-methyl/N-ethyl adjacent to an activating group) is 1. The summed E-state index contributed by atoms with van der Waals surface area (Å²) in [6.07, 6.45) is 0. The van der Waals surface area contributed by atoms with Crippen LogP contribution < -0.4 is 20.1 Å². The minimum atomic E-state index is -0.184. The normalized spacial score (nSPS) is 11.5. The van der Waals surface area contributed by atoms with Crippen molar-refractivity contribution in [1.82, 2.24) is 4.98 Å². The number of fused-ring (bicyclic) bond motifs is 1. The van der Waals surface area contributed by atoms with E-state index in [1.807, 2.05) is 80.6 Å². The molecule has 0 fully saturated rings. The van der Waals surface area contributed by atoms with Crippen LogP contribution in [0.2, 0.25) is 0 Å². The van der Waals surface area contributed by atoms with Gasteiger partial charge < -0.3 is 30.2 Å². The summed E-state index contributed by atoms with van der Waals surface area (Å²) in [4.78, 5) is 21.4. The Kier molecular flexibility index (Phi) is 7.56. The second-order valence-corrected chi connectivity index (χ2v) is 8.06. The molecule has 3 aromatic carbocycles. The Hall–Kier alpha value is -4.30. The lowest BCUT2D eigenvalue weighted by atomic mass is 10.0. The topological polar surface area (TPSA) is 113 Å². The van der Waals surface area contributed by atoms with E-state index in [0.717, 1.165) is 10.9 Å². The molecule has 1 heterocycles. The Morgan fingerprint density at radius 3 is 2.25 bits per heavy atom. The van der Waals surface area contributed by atoms with E-state index >= 15 is 0 Å². The van der Waals surface area contributed by atoms with Crippen LogP contribution >= 0.6 is 0 Å². The van der Waals surface area contributed by atoms with Gasteiger partial charge in [-0.3, -0.25) is 4.79 Å². The number of hydrogen-bond donors (Lipinski definition) is 3. The van der Waals surface area contributed by atoms with Gasteiger partial charge >= 0.3 is 0 Å². The number of nitrogens with zero attached hydrogens (tertiary/aromatic N) is 2. The van der Waals surface area contributed by atoms with Crippen LogP contribution in [0.5, 0.6) is 17.4 Å². The second-order valence-electron chi connectivity index (χ2n) is 8.06. The van der Waals surface area contributed by atoms with Gasteiger partial charge in [0.05, 0.1) is 42.2 Å². The summed E-state index contributed by atoms with van der Waals surface area (Å²) in [5.74, 6) is 1.01. The summed E-state index contributed by atoms with van der Waals surface area (Å²) < 4.78 is 11.6. The zero-order chi connectivity index (χ0) is 25.7. The minimum Gasteiger partial charge on any atom is -0.494 e. The summed E-state index contributed by atoms with van der Waals surface area (Å²) in [6, 6.07) is 20.6. The molecule has 0 spiro atoms. The van der Waals surface area contributed by atoms with Gasteiger partial charge in [0, 0.05) is 29.8 Å². The molecule has 8 nitrogen and oxygen atoms in total. The highest BCUT2D eigenvalue weighted by atomic mass is 16.5. The number of aliphatic imine (C=N–C) groups is 1. The van der Waals surface area contributed by atoms with Gasteiger partial charge in [0.2, 0.25) is 5.91 Å². The molecule has 4 rings (SSSR count). The van der Waals surface area contributed by atoms with Crippen molar-refractivity contribution in [3.63, 3.8) is 0 Å². The maximum absolute atomic E-state index is 11.9. The number of ether oxygens (including phenoxy) is 2. The number of carbonyl (C=O) groups excluding carboxylic acids is 1. The van der Waals surface area contributed by atoms with Gasteiger partial charge in [-0.2, -0.15) is 0 Å². The monoisotopic (exact) mass is 486 g/mol. The number of amides is 1.